The second-order valence-electron chi connectivity index (χ2n) is 6.46. The molecule has 1 saturated carbocycles. The van der Waals surface area contributed by atoms with Crippen LogP contribution in [0, 0.1) is 12.8 Å². The molecule has 3 rings (SSSR count). The molecule has 2 N–H and O–H groups in total. The number of rotatable bonds is 4. The van der Waals surface area contributed by atoms with Gasteiger partial charge < -0.3 is 4.74 Å². The zero-order valence-electron chi connectivity index (χ0n) is 14.8. The van der Waals surface area contributed by atoms with Gasteiger partial charge in [0.15, 0.2) is 11.0 Å². The number of ether oxygens (including phenoxy) is 1. The summed E-state index contributed by atoms with van der Waals surface area (Å²) in [4.78, 5) is 32.7. The topological polar surface area (TPSA) is 93.2 Å². The van der Waals surface area contributed by atoms with E-state index < -0.39 is 5.97 Å². The molecule has 1 heterocycles. The third-order valence-electron chi connectivity index (χ3n) is 4.65. The number of carbonyl (C=O) groups is 2. The van der Waals surface area contributed by atoms with E-state index in [9.17, 15) is 9.59 Å². The summed E-state index contributed by atoms with van der Waals surface area (Å²) in [5, 5.41) is 0.112. The Labute approximate surface area is 156 Å². The van der Waals surface area contributed by atoms with Gasteiger partial charge in [-0.05, 0) is 37.5 Å². The van der Waals surface area contributed by atoms with E-state index in [1.165, 1.54) is 13.5 Å². The summed E-state index contributed by atoms with van der Waals surface area (Å²) in [5.41, 5.74) is 7.63. The number of fused-ring (bicyclic) bond motifs is 1. The highest BCUT2D eigenvalue weighted by Gasteiger charge is 2.21. The van der Waals surface area contributed by atoms with Crippen LogP contribution in [0.1, 0.15) is 48.0 Å². The first-order chi connectivity index (χ1) is 12.5. The van der Waals surface area contributed by atoms with E-state index in [0.717, 1.165) is 31.2 Å². The zero-order valence-corrected chi connectivity index (χ0v) is 15.5. The van der Waals surface area contributed by atoms with Crippen LogP contribution in [0.4, 0.5) is 5.82 Å². The van der Waals surface area contributed by atoms with Crippen LogP contribution >= 0.6 is 11.6 Å². The predicted octanol–water partition coefficient (Wildman–Crippen LogP) is 3.40. The van der Waals surface area contributed by atoms with Crippen molar-refractivity contribution < 1.29 is 14.3 Å². The Bertz CT molecular complexity index is 850. The number of aromatic nitrogens is 2. The molecule has 0 aliphatic heterocycles. The van der Waals surface area contributed by atoms with Crippen molar-refractivity contribution in [2.75, 3.05) is 12.5 Å². The van der Waals surface area contributed by atoms with Crippen molar-refractivity contribution in [3.05, 3.63) is 28.4 Å². The van der Waals surface area contributed by atoms with Crippen molar-refractivity contribution in [3.63, 3.8) is 0 Å². The maximum Gasteiger partial charge on any atom is 0.338 e. The number of carbonyl (C=O) groups excluding carboxylic acids is 2. The van der Waals surface area contributed by atoms with Crippen LogP contribution in [0.2, 0.25) is 5.15 Å². The minimum atomic E-state index is -0.440. The minimum Gasteiger partial charge on any atom is -0.465 e. The molecule has 1 aliphatic rings. The highest BCUT2D eigenvalue weighted by Crippen LogP contribution is 2.25. The molecule has 0 saturated heterocycles. The molecular formula is C18H21ClN4O3. The number of anilines is 1. The third-order valence-corrected chi connectivity index (χ3v) is 4.92. The summed E-state index contributed by atoms with van der Waals surface area (Å²) >= 11 is 6.17. The van der Waals surface area contributed by atoms with Crippen molar-refractivity contribution in [3.8, 4) is 0 Å². The molecule has 7 nitrogen and oxygen atoms in total. The standard InChI is InChI=1S/C18H21ClN4O3/c1-10-8-13-14(9-12(10)18(25)26-2)20-15(19)16(21-13)22-23-17(24)11-6-4-3-5-7-11/h8-9,11H,3-7H2,1-2H3,(H,21,22)(H,23,24). The molecule has 0 unspecified atom stereocenters. The number of halogens is 1. The van der Waals surface area contributed by atoms with Gasteiger partial charge in [0, 0.05) is 5.92 Å². The molecule has 1 aliphatic carbocycles. The molecule has 1 aromatic carbocycles. The predicted molar refractivity (Wildman–Crippen MR) is 99.0 cm³/mol. The van der Waals surface area contributed by atoms with E-state index in [1.54, 1.807) is 19.1 Å². The molecular weight excluding hydrogens is 356 g/mol. The van der Waals surface area contributed by atoms with E-state index in [0.29, 0.717) is 16.6 Å². The van der Waals surface area contributed by atoms with Gasteiger partial charge in [0.25, 0.3) is 0 Å². The average molecular weight is 377 g/mol. The van der Waals surface area contributed by atoms with Crippen LogP contribution in [0.5, 0.6) is 0 Å². The molecule has 26 heavy (non-hydrogen) atoms. The first-order valence-corrected chi connectivity index (χ1v) is 8.99. The fourth-order valence-corrected chi connectivity index (χ4v) is 3.36. The van der Waals surface area contributed by atoms with Crippen LogP contribution in [0.15, 0.2) is 12.1 Å². The van der Waals surface area contributed by atoms with Gasteiger partial charge in [-0.1, -0.05) is 30.9 Å². The first-order valence-electron chi connectivity index (χ1n) is 8.61. The molecule has 1 aromatic heterocycles. The lowest BCUT2D eigenvalue weighted by Crippen LogP contribution is -2.36. The lowest BCUT2D eigenvalue weighted by Gasteiger charge is -2.21. The normalized spacial score (nSPS) is 14.9. The second kappa shape index (κ2) is 7.86. The number of amides is 1. The lowest BCUT2D eigenvalue weighted by molar-refractivity contribution is -0.125. The molecule has 138 valence electrons. The Morgan fingerprint density at radius 3 is 2.54 bits per heavy atom. The molecule has 1 fully saturated rings. The van der Waals surface area contributed by atoms with Crippen molar-refractivity contribution in [1.82, 2.24) is 15.4 Å². The fourth-order valence-electron chi connectivity index (χ4n) is 3.18. The number of methoxy groups -OCH3 is 1. The van der Waals surface area contributed by atoms with Crippen LogP contribution < -0.4 is 10.9 Å². The third kappa shape index (κ3) is 3.88. The summed E-state index contributed by atoms with van der Waals surface area (Å²) in [6.45, 7) is 1.79. The number of hydrogen-bond acceptors (Lipinski definition) is 6. The first kappa shape index (κ1) is 18.4. The van der Waals surface area contributed by atoms with E-state index >= 15 is 0 Å². The Hall–Kier alpha value is -2.41. The number of nitrogens with one attached hydrogen (secondary N) is 2. The summed E-state index contributed by atoms with van der Waals surface area (Å²) in [6.07, 6.45) is 5.15. The highest BCUT2D eigenvalue weighted by atomic mass is 35.5. The SMILES string of the molecule is COC(=O)c1cc2nc(Cl)c(NNC(=O)C3CCCCC3)nc2cc1C. The summed E-state index contributed by atoms with van der Waals surface area (Å²) < 4.78 is 4.76. The molecule has 0 spiro atoms. The van der Waals surface area contributed by atoms with Gasteiger partial charge in [-0.2, -0.15) is 0 Å². The maximum atomic E-state index is 12.2. The maximum absolute atomic E-state index is 12.2. The van der Waals surface area contributed by atoms with Crippen molar-refractivity contribution >= 4 is 40.3 Å². The van der Waals surface area contributed by atoms with Crippen LogP contribution in [0.25, 0.3) is 11.0 Å². The molecule has 0 bridgehead atoms. The highest BCUT2D eigenvalue weighted by molar-refractivity contribution is 6.32. The van der Waals surface area contributed by atoms with Crippen molar-refractivity contribution in [1.29, 1.82) is 0 Å². The molecule has 8 heteroatoms. The quantitative estimate of drug-likeness (QED) is 0.627. The smallest absolute Gasteiger partial charge is 0.338 e. The largest absolute Gasteiger partial charge is 0.465 e. The van der Waals surface area contributed by atoms with Gasteiger partial charge in [-0.25, -0.2) is 14.8 Å². The van der Waals surface area contributed by atoms with Crippen LogP contribution in [0.3, 0.4) is 0 Å². The number of aryl methyl sites for hydroxylation is 1. The Balaban J connectivity index is 1.79. The Morgan fingerprint density at radius 2 is 1.85 bits per heavy atom. The van der Waals surface area contributed by atoms with Gasteiger partial charge in [-0.15, -0.1) is 0 Å². The number of esters is 1. The molecule has 0 radical (unpaired) electrons. The van der Waals surface area contributed by atoms with Crippen molar-refractivity contribution in [2.24, 2.45) is 5.92 Å². The van der Waals surface area contributed by atoms with Crippen molar-refractivity contribution in [2.45, 2.75) is 39.0 Å². The number of hydrazine groups is 1. The molecule has 1 amide bonds. The van der Waals surface area contributed by atoms with E-state index in [4.69, 9.17) is 16.3 Å². The summed E-state index contributed by atoms with van der Waals surface area (Å²) in [7, 11) is 1.33. The van der Waals surface area contributed by atoms with Crippen LogP contribution in [-0.4, -0.2) is 29.0 Å². The monoisotopic (exact) mass is 376 g/mol. The zero-order chi connectivity index (χ0) is 18.7. The second-order valence-corrected chi connectivity index (χ2v) is 6.82. The number of nitrogens with zero attached hydrogens (tertiary/aromatic N) is 2. The Morgan fingerprint density at radius 1 is 1.15 bits per heavy atom. The molecule has 0 atom stereocenters. The molecule has 2 aromatic rings. The Kier molecular flexibility index (Phi) is 5.56. The van der Waals surface area contributed by atoms with E-state index in [-0.39, 0.29) is 22.8 Å². The average Bonchev–Trinajstić information content (AvgIpc) is 2.66. The van der Waals surface area contributed by atoms with E-state index in [2.05, 4.69) is 20.8 Å². The van der Waals surface area contributed by atoms with Gasteiger partial charge in [0.1, 0.15) is 0 Å². The number of benzene rings is 1. The van der Waals surface area contributed by atoms with Gasteiger partial charge in [-0.3, -0.25) is 15.6 Å². The summed E-state index contributed by atoms with van der Waals surface area (Å²) in [6, 6.07) is 3.33. The minimum absolute atomic E-state index is 0.0216. The van der Waals surface area contributed by atoms with Gasteiger partial charge in [0.2, 0.25) is 5.91 Å². The summed E-state index contributed by atoms with van der Waals surface area (Å²) in [5.74, 6) is -0.203. The van der Waals surface area contributed by atoms with Gasteiger partial charge in [0.05, 0.1) is 23.7 Å². The van der Waals surface area contributed by atoms with E-state index in [1.807, 2.05) is 0 Å². The lowest BCUT2D eigenvalue weighted by atomic mass is 9.89. The number of hydrogen-bond donors (Lipinski definition) is 2. The fraction of sp³-hybridized carbons (Fsp3) is 0.444. The van der Waals surface area contributed by atoms with Gasteiger partial charge >= 0.3 is 5.97 Å². The van der Waals surface area contributed by atoms with Crippen LogP contribution in [-0.2, 0) is 9.53 Å².